The molecule has 7 aliphatic rings. The number of allylic oxidation sites excluding steroid dienone is 1. The van der Waals surface area contributed by atoms with E-state index in [1.165, 1.54) is 109 Å². The Balaban J connectivity index is 1.01. The topological polar surface area (TPSA) is 728 Å². The van der Waals surface area contributed by atoms with Crippen LogP contribution in [0.5, 0.6) is 0 Å². The number of aliphatic carboxylic acids is 1. The Bertz CT molecular complexity index is 3320. The summed E-state index contributed by atoms with van der Waals surface area (Å²) in [6, 6.07) is -6.86. The molecule has 0 saturated carbocycles. The van der Waals surface area contributed by atoms with Crippen LogP contribution in [0.2, 0.25) is 0 Å². The van der Waals surface area contributed by atoms with Gasteiger partial charge in [-0.1, -0.05) is 180 Å². The van der Waals surface area contributed by atoms with Crippen molar-refractivity contribution in [2.75, 3.05) is 59.5 Å². The van der Waals surface area contributed by atoms with Crippen LogP contribution < -0.4 is 21.3 Å². The highest BCUT2D eigenvalue weighted by atomic mass is 16.8. The lowest BCUT2D eigenvalue weighted by Crippen LogP contribution is -2.71. The molecule has 14 unspecified atom stereocenters. The van der Waals surface area contributed by atoms with Gasteiger partial charge in [0.25, 0.3) is 5.79 Å². The molecule has 7 saturated heterocycles. The molecule has 27 N–H and O–H groups in total. The second-order valence-corrected chi connectivity index (χ2v) is 35.7. The van der Waals surface area contributed by atoms with E-state index in [2.05, 4.69) is 35.1 Å². The predicted molar refractivity (Wildman–Crippen MR) is 457 cm³/mol. The van der Waals surface area contributed by atoms with Crippen molar-refractivity contribution >= 4 is 29.6 Å². The Morgan fingerprint density at radius 2 is 0.774 bits per heavy atom. The van der Waals surface area contributed by atoms with Gasteiger partial charge in [0.15, 0.2) is 37.7 Å². The number of nitrogens with one attached hydrogen (secondary N) is 4. The summed E-state index contributed by atoms with van der Waals surface area (Å²) in [6.07, 6.45) is -36.2. The lowest BCUT2D eigenvalue weighted by molar-refractivity contribution is -0.391. The second kappa shape index (κ2) is 59.4. The van der Waals surface area contributed by atoms with Gasteiger partial charge in [-0.3, -0.25) is 19.2 Å². The summed E-state index contributed by atoms with van der Waals surface area (Å²) in [7, 11) is 0. The Morgan fingerprint density at radius 3 is 1.24 bits per heavy atom. The maximum Gasteiger partial charge on any atom is 0.364 e. The minimum atomic E-state index is -3.31. The molecule has 7 aliphatic heterocycles. The van der Waals surface area contributed by atoms with Gasteiger partial charge in [0.1, 0.15) is 171 Å². The minimum absolute atomic E-state index is 0.154. The zero-order valence-electron chi connectivity index (χ0n) is 76.4. The predicted octanol–water partition coefficient (Wildman–Crippen LogP) is -6.28. The van der Waals surface area contributed by atoms with Gasteiger partial charge in [0.2, 0.25) is 23.6 Å². The van der Waals surface area contributed by atoms with Crippen molar-refractivity contribution in [3.8, 4) is 0 Å². The first-order valence-corrected chi connectivity index (χ1v) is 47.3. The molecule has 133 heavy (non-hydrogen) atoms. The Kier molecular flexibility index (Phi) is 51.6. The summed E-state index contributed by atoms with van der Waals surface area (Å²) in [5, 5.41) is 267. The van der Waals surface area contributed by atoms with E-state index in [9.17, 15) is 141 Å². The lowest BCUT2D eigenvalue weighted by Gasteiger charge is -2.51. The summed E-state index contributed by atoms with van der Waals surface area (Å²) in [6.45, 7) is -3.33. The molecule has 774 valence electrons. The molecule has 0 bridgehead atoms. The molecule has 0 aromatic rings. The fourth-order valence-corrected chi connectivity index (χ4v) is 17.7. The Labute approximate surface area is 773 Å². The number of hydrogen-bond donors (Lipinski definition) is 27. The molecule has 0 aromatic carbocycles. The standard InChI is InChI=1S/C87H154N4O42/c1-5-7-9-11-13-15-17-19-20-22-24-26-28-30-32-34-57(105)90-47(48(102)33-31-29-27-25-23-21-18-16-14-12-10-8-6-2)44-120-82-69(114)67(112)75(55(41-97)125-82)129-83-70(115)68(113)74(56(42-98)126-83)127-81-61(89-46(4)101)76(63(108)51(37-93)121-81)130-84-71(116)78(64(109)52(38-94)122-84)131-80-60(88-45(3)100)66(111)73(54(40-96)124-80)128-85-72(117)79(65(110)53(39-95)123-85)133-87(86(118)119)35-49(103)59(91-58(106)43-99)77(132-87)62(107)50(104)36-92/h31,33,47-56,59-85,92-99,102-104,107-117H,5-30,32,34-44H2,1-4H3,(H,88,100)(H,89,101)(H,90,105)(H,91,106)(H,118,119)/b33-31+/t47-,48+,49?,50+,51?,52?,53?,54?,55?,56?,59+,60?,61?,62+,63-,64-,65-,66+,67+,68+,69?,70?,71?,72?,73+,74-,75+,76+,77?,78-,79-,80-,81-,82+,83-,84-,85-,87-/m0/s1. The first kappa shape index (κ1) is 116. The first-order chi connectivity index (χ1) is 63.7. The van der Waals surface area contributed by atoms with Crippen molar-refractivity contribution in [1.82, 2.24) is 21.3 Å². The average molecular weight is 1930 g/mol. The fourth-order valence-electron chi connectivity index (χ4n) is 17.7. The Hall–Kier alpha value is -4.35. The summed E-state index contributed by atoms with van der Waals surface area (Å²) in [4.78, 5) is 65.4. The van der Waals surface area contributed by atoms with Crippen molar-refractivity contribution in [2.24, 2.45) is 0 Å². The molecule has 46 heteroatoms. The van der Waals surface area contributed by atoms with Gasteiger partial charge in [-0.15, -0.1) is 0 Å². The van der Waals surface area contributed by atoms with E-state index in [1.54, 1.807) is 6.08 Å². The van der Waals surface area contributed by atoms with Crippen LogP contribution >= 0.6 is 0 Å². The molecule has 0 aromatic heterocycles. The zero-order chi connectivity index (χ0) is 97.8. The van der Waals surface area contributed by atoms with Crippen molar-refractivity contribution in [3.63, 3.8) is 0 Å². The van der Waals surface area contributed by atoms with Gasteiger partial charge in [0, 0.05) is 26.7 Å². The van der Waals surface area contributed by atoms with E-state index < -0.39 is 322 Å². The molecule has 0 aliphatic carbocycles. The largest absolute Gasteiger partial charge is 0.477 e. The molecule has 4 amide bonds. The molecule has 7 rings (SSSR count). The fraction of sp³-hybridized carbons (Fsp3) is 0.920. The van der Waals surface area contributed by atoms with Crippen LogP contribution in [0, 0.1) is 0 Å². The third-order valence-corrected chi connectivity index (χ3v) is 25.3. The summed E-state index contributed by atoms with van der Waals surface area (Å²) < 4.78 is 83.0. The van der Waals surface area contributed by atoms with Gasteiger partial charge in [-0.05, 0) is 19.3 Å². The normalized spacial score (nSPS) is 37.1. The molecular weight excluding hydrogens is 1770 g/mol. The van der Waals surface area contributed by atoms with Crippen LogP contribution in [0.1, 0.15) is 214 Å². The van der Waals surface area contributed by atoms with Crippen molar-refractivity contribution in [2.45, 2.75) is 446 Å². The third-order valence-electron chi connectivity index (χ3n) is 25.3. The summed E-state index contributed by atoms with van der Waals surface area (Å²) >= 11 is 0. The maximum atomic E-state index is 13.6. The highest BCUT2D eigenvalue weighted by Gasteiger charge is 2.63. The molecule has 0 radical (unpaired) electrons. The number of carboxylic acid groups (broad SMARTS) is 1. The van der Waals surface area contributed by atoms with E-state index in [0.717, 1.165) is 65.2 Å². The number of carboxylic acids is 1. The van der Waals surface area contributed by atoms with E-state index >= 15 is 0 Å². The van der Waals surface area contributed by atoms with Crippen LogP contribution in [-0.2, 0) is 90.3 Å². The van der Waals surface area contributed by atoms with E-state index in [1.807, 2.05) is 6.08 Å². The monoisotopic (exact) mass is 1930 g/mol. The second-order valence-electron chi connectivity index (χ2n) is 35.7. The molecule has 0 spiro atoms. The van der Waals surface area contributed by atoms with Gasteiger partial charge >= 0.3 is 5.97 Å². The highest BCUT2D eigenvalue weighted by molar-refractivity contribution is 5.78. The summed E-state index contributed by atoms with van der Waals surface area (Å²) in [5.41, 5.74) is 0. The minimum Gasteiger partial charge on any atom is -0.477 e. The van der Waals surface area contributed by atoms with Crippen LogP contribution in [0.3, 0.4) is 0 Å². The number of rotatable bonds is 60. The molecule has 7 heterocycles. The molecule has 38 atom stereocenters. The van der Waals surface area contributed by atoms with Crippen molar-refractivity contribution < 1.29 is 208 Å². The van der Waals surface area contributed by atoms with E-state index in [4.69, 9.17) is 66.3 Å². The first-order valence-electron chi connectivity index (χ1n) is 47.3. The Morgan fingerprint density at radius 1 is 0.398 bits per heavy atom. The molecule has 46 nitrogen and oxygen atoms in total. The number of aliphatic hydroxyl groups excluding tert-OH is 22. The SMILES string of the molecule is CCCCCCCCCCCCC/C=C/[C@@H](O)[C@H](CO[C@@H]1OC(CO)[C@@H](O[C@@H]2OC(CO)[C@H](O[C@@H]3OC(CO)[C@H](O)[C@H](O[C@@H]4OC(CO)[C@H](O)[C@H](O[C@@H]5OC(CO)[C@@H](O[C@@H]6OC(CO)[C@H](O)[C@H](O[C@]7(C(=O)O)CC(O)[C@@H](NC(=O)CO)C([C@H](O)[C@H](O)CO)O7)C6O)[C@H](O)C5NC(C)=O)C4O)C3NC(C)=O)[C@H](O)C2O)[C@H](O)C1O)NC(=O)CCCCCCCCCCCCCCCCC. The number of amides is 4. The van der Waals surface area contributed by atoms with Crippen LogP contribution in [0.15, 0.2) is 12.2 Å². The van der Waals surface area contributed by atoms with E-state index in [-0.39, 0.29) is 12.3 Å². The number of aliphatic hydroxyl groups is 22. The number of hydrogen-bond acceptors (Lipinski definition) is 41. The van der Waals surface area contributed by atoms with Crippen LogP contribution in [0.4, 0.5) is 0 Å². The smallest absolute Gasteiger partial charge is 0.364 e. The van der Waals surface area contributed by atoms with Gasteiger partial charge in [-0.25, -0.2) is 4.79 Å². The quantitative estimate of drug-likeness (QED) is 0.0199. The lowest BCUT2D eigenvalue weighted by atomic mass is 9.88. The van der Waals surface area contributed by atoms with E-state index in [0.29, 0.717) is 12.8 Å². The summed E-state index contributed by atoms with van der Waals surface area (Å²) in [5.74, 6) is -8.95. The number of carbonyl (C=O) groups excluding carboxylic acids is 4. The van der Waals surface area contributed by atoms with Crippen molar-refractivity contribution in [3.05, 3.63) is 12.2 Å². The number of unbranched alkanes of at least 4 members (excludes halogenated alkanes) is 25. The zero-order valence-corrected chi connectivity index (χ0v) is 76.4. The average Bonchev–Trinajstić information content (AvgIpc) is 0.758. The maximum absolute atomic E-state index is 13.6. The molecular formula is C87H154N4O42. The third kappa shape index (κ3) is 33.4. The van der Waals surface area contributed by atoms with Gasteiger partial charge in [-0.2, -0.15) is 0 Å². The molecule has 7 fully saturated rings. The van der Waals surface area contributed by atoms with Crippen LogP contribution in [0.25, 0.3) is 0 Å². The number of ether oxygens (including phenoxy) is 14. The number of carbonyl (C=O) groups is 5. The highest BCUT2D eigenvalue weighted by Crippen LogP contribution is 2.42. The van der Waals surface area contributed by atoms with Crippen LogP contribution in [-0.4, -0.2) is 439 Å². The van der Waals surface area contributed by atoms with Gasteiger partial charge in [0.05, 0.1) is 77.1 Å². The van der Waals surface area contributed by atoms with Crippen molar-refractivity contribution in [1.29, 1.82) is 0 Å². The van der Waals surface area contributed by atoms with Gasteiger partial charge < -0.3 is 205 Å².